The summed E-state index contributed by atoms with van der Waals surface area (Å²) >= 11 is 0. The van der Waals surface area contributed by atoms with Crippen LogP contribution >= 0.6 is 0 Å². The van der Waals surface area contributed by atoms with Crippen LogP contribution in [0.3, 0.4) is 0 Å². The molecular weight excluding hydrogens is 228 g/mol. The number of amides is 1. The van der Waals surface area contributed by atoms with Crippen LogP contribution in [0.25, 0.3) is 0 Å². The third kappa shape index (κ3) is 3.35. The van der Waals surface area contributed by atoms with Gasteiger partial charge in [-0.25, -0.2) is 0 Å². The van der Waals surface area contributed by atoms with E-state index in [1.54, 1.807) is 6.07 Å². The lowest BCUT2D eigenvalue weighted by molar-refractivity contribution is 0.0908. The van der Waals surface area contributed by atoms with Crippen molar-refractivity contribution in [3.8, 4) is 0 Å². The summed E-state index contributed by atoms with van der Waals surface area (Å²) in [4.78, 5) is 14.2. The zero-order valence-electron chi connectivity index (χ0n) is 11.2. The number of nitrogens with zero attached hydrogens (tertiary/aromatic N) is 1. The number of carbonyl (C=O) groups is 1. The van der Waals surface area contributed by atoms with Crippen molar-refractivity contribution in [2.24, 2.45) is 0 Å². The van der Waals surface area contributed by atoms with Crippen molar-refractivity contribution in [2.45, 2.75) is 45.7 Å². The van der Waals surface area contributed by atoms with Crippen molar-refractivity contribution in [2.75, 3.05) is 13.1 Å². The molecule has 18 heavy (non-hydrogen) atoms. The van der Waals surface area contributed by atoms with Gasteiger partial charge in [-0.2, -0.15) is 0 Å². The molecule has 1 unspecified atom stereocenters. The van der Waals surface area contributed by atoms with Crippen LogP contribution in [0.4, 0.5) is 0 Å². The smallest absolute Gasteiger partial charge is 0.287 e. The zero-order chi connectivity index (χ0) is 13.0. The summed E-state index contributed by atoms with van der Waals surface area (Å²) in [7, 11) is 0. The Bertz CT molecular complexity index is 394. The molecule has 0 bridgehead atoms. The first-order valence-corrected chi connectivity index (χ1v) is 6.81. The second kappa shape index (κ2) is 6.05. The Morgan fingerprint density at radius 2 is 2.17 bits per heavy atom. The number of carbonyl (C=O) groups excluding carboxylic acids is 1. The normalized spacial score (nSPS) is 17.9. The Labute approximate surface area is 108 Å². The summed E-state index contributed by atoms with van der Waals surface area (Å²) < 4.78 is 5.60. The Morgan fingerprint density at radius 1 is 1.44 bits per heavy atom. The maximum absolute atomic E-state index is 11.8. The zero-order valence-corrected chi connectivity index (χ0v) is 11.2. The first-order valence-electron chi connectivity index (χ1n) is 6.81. The van der Waals surface area contributed by atoms with Gasteiger partial charge >= 0.3 is 0 Å². The quantitative estimate of drug-likeness (QED) is 0.872. The van der Waals surface area contributed by atoms with E-state index in [0.717, 1.165) is 31.8 Å². The molecule has 4 heteroatoms. The minimum absolute atomic E-state index is 0.114. The molecule has 2 heterocycles. The standard InChI is InChI=1S/C14H22N2O2/c1-3-11(2)15-14(17)13-7-6-12(18-13)10-16-8-4-5-9-16/h6-7,11H,3-5,8-10H2,1-2H3,(H,15,17). The molecular formula is C14H22N2O2. The van der Waals surface area contributed by atoms with E-state index in [1.807, 2.05) is 19.9 Å². The SMILES string of the molecule is CCC(C)NC(=O)c1ccc(CN2CCCC2)o1. The number of likely N-dealkylation sites (tertiary alicyclic amines) is 1. The highest BCUT2D eigenvalue weighted by molar-refractivity contribution is 5.91. The summed E-state index contributed by atoms with van der Waals surface area (Å²) in [5.41, 5.74) is 0. The molecule has 1 aromatic rings. The highest BCUT2D eigenvalue weighted by Gasteiger charge is 2.16. The predicted molar refractivity (Wildman–Crippen MR) is 70.4 cm³/mol. The monoisotopic (exact) mass is 250 g/mol. The van der Waals surface area contributed by atoms with Gasteiger partial charge in [0.2, 0.25) is 0 Å². The van der Waals surface area contributed by atoms with Gasteiger partial charge < -0.3 is 9.73 Å². The van der Waals surface area contributed by atoms with Crippen molar-refractivity contribution < 1.29 is 9.21 Å². The van der Waals surface area contributed by atoms with Gasteiger partial charge in [-0.15, -0.1) is 0 Å². The van der Waals surface area contributed by atoms with E-state index in [0.29, 0.717) is 5.76 Å². The first kappa shape index (κ1) is 13.1. The van der Waals surface area contributed by atoms with Gasteiger partial charge in [0.25, 0.3) is 5.91 Å². The van der Waals surface area contributed by atoms with Gasteiger partial charge in [0, 0.05) is 6.04 Å². The van der Waals surface area contributed by atoms with E-state index < -0.39 is 0 Å². The summed E-state index contributed by atoms with van der Waals surface area (Å²) in [5.74, 6) is 1.19. The molecule has 1 aliphatic heterocycles. The lowest BCUT2D eigenvalue weighted by Gasteiger charge is -2.12. The van der Waals surface area contributed by atoms with E-state index in [1.165, 1.54) is 12.8 Å². The van der Waals surface area contributed by atoms with Crippen molar-refractivity contribution in [1.29, 1.82) is 0 Å². The van der Waals surface area contributed by atoms with Gasteiger partial charge in [0.05, 0.1) is 6.54 Å². The summed E-state index contributed by atoms with van der Waals surface area (Å²) in [6.45, 7) is 7.12. The molecule has 0 radical (unpaired) electrons. The fourth-order valence-corrected chi connectivity index (χ4v) is 2.14. The topological polar surface area (TPSA) is 45.5 Å². The Balaban J connectivity index is 1.90. The summed E-state index contributed by atoms with van der Waals surface area (Å²) in [6.07, 6.45) is 3.46. The third-order valence-electron chi connectivity index (χ3n) is 3.45. The maximum atomic E-state index is 11.8. The molecule has 2 rings (SSSR count). The van der Waals surface area contributed by atoms with Crippen LogP contribution in [0.1, 0.15) is 49.4 Å². The van der Waals surface area contributed by atoms with Crippen LogP contribution in [-0.2, 0) is 6.54 Å². The molecule has 1 atom stereocenters. The highest BCUT2D eigenvalue weighted by atomic mass is 16.4. The molecule has 0 saturated carbocycles. The second-order valence-electron chi connectivity index (χ2n) is 5.03. The van der Waals surface area contributed by atoms with Gasteiger partial charge in [-0.05, 0) is 51.4 Å². The number of rotatable bonds is 5. The molecule has 1 aromatic heterocycles. The van der Waals surface area contributed by atoms with E-state index in [2.05, 4.69) is 10.2 Å². The number of hydrogen-bond donors (Lipinski definition) is 1. The molecule has 1 aliphatic rings. The lowest BCUT2D eigenvalue weighted by Crippen LogP contribution is -2.31. The average molecular weight is 250 g/mol. The Kier molecular flexibility index (Phi) is 4.42. The largest absolute Gasteiger partial charge is 0.455 e. The lowest BCUT2D eigenvalue weighted by atomic mass is 10.2. The van der Waals surface area contributed by atoms with Crippen LogP contribution in [0.2, 0.25) is 0 Å². The molecule has 0 aliphatic carbocycles. The van der Waals surface area contributed by atoms with Crippen LogP contribution in [0.15, 0.2) is 16.5 Å². The molecule has 1 fully saturated rings. The van der Waals surface area contributed by atoms with Gasteiger partial charge in [-0.3, -0.25) is 9.69 Å². The molecule has 0 spiro atoms. The van der Waals surface area contributed by atoms with E-state index in [9.17, 15) is 4.79 Å². The van der Waals surface area contributed by atoms with Crippen molar-refractivity contribution in [3.63, 3.8) is 0 Å². The van der Waals surface area contributed by atoms with Gasteiger partial charge in [0.15, 0.2) is 5.76 Å². The van der Waals surface area contributed by atoms with Crippen molar-refractivity contribution >= 4 is 5.91 Å². The first-order chi connectivity index (χ1) is 8.69. The minimum atomic E-state index is -0.114. The number of furan rings is 1. The third-order valence-corrected chi connectivity index (χ3v) is 3.45. The highest BCUT2D eigenvalue weighted by Crippen LogP contribution is 2.15. The van der Waals surface area contributed by atoms with Crippen molar-refractivity contribution in [1.82, 2.24) is 10.2 Å². The summed E-state index contributed by atoms with van der Waals surface area (Å²) in [6, 6.07) is 3.86. The van der Waals surface area contributed by atoms with Gasteiger partial charge in [0.1, 0.15) is 5.76 Å². The average Bonchev–Trinajstić information content (AvgIpc) is 3.00. The minimum Gasteiger partial charge on any atom is -0.455 e. The van der Waals surface area contributed by atoms with Crippen LogP contribution in [0.5, 0.6) is 0 Å². The van der Waals surface area contributed by atoms with Crippen LogP contribution in [-0.4, -0.2) is 29.9 Å². The molecule has 0 aromatic carbocycles. The maximum Gasteiger partial charge on any atom is 0.287 e. The molecule has 100 valence electrons. The molecule has 1 amide bonds. The fraction of sp³-hybridized carbons (Fsp3) is 0.643. The van der Waals surface area contributed by atoms with Gasteiger partial charge in [-0.1, -0.05) is 6.92 Å². The van der Waals surface area contributed by atoms with Crippen molar-refractivity contribution in [3.05, 3.63) is 23.7 Å². The number of nitrogens with one attached hydrogen (secondary N) is 1. The number of hydrogen-bond acceptors (Lipinski definition) is 3. The fourth-order valence-electron chi connectivity index (χ4n) is 2.14. The van der Waals surface area contributed by atoms with Crippen LogP contribution < -0.4 is 5.32 Å². The molecule has 4 nitrogen and oxygen atoms in total. The van der Waals surface area contributed by atoms with E-state index >= 15 is 0 Å². The molecule has 1 N–H and O–H groups in total. The van der Waals surface area contributed by atoms with E-state index in [-0.39, 0.29) is 11.9 Å². The molecule has 1 saturated heterocycles. The Morgan fingerprint density at radius 3 is 2.83 bits per heavy atom. The predicted octanol–water partition coefficient (Wildman–Crippen LogP) is 2.40. The summed E-state index contributed by atoms with van der Waals surface area (Å²) in [5, 5.41) is 2.91. The second-order valence-corrected chi connectivity index (χ2v) is 5.03. The van der Waals surface area contributed by atoms with E-state index in [4.69, 9.17) is 4.42 Å². The van der Waals surface area contributed by atoms with Crippen LogP contribution in [0, 0.1) is 0 Å². The Hall–Kier alpha value is -1.29.